The summed E-state index contributed by atoms with van der Waals surface area (Å²) in [5.74, 6) is -0.691. The summed E-state index contributed by atoms with van der Waals surface area (Å²) in [5, 5.41) is 11.4. The lowest BCUT2D eigenvalue weighted by Gasteiger charge is -2.52. The molecule has 1 aromatic carbocycles. The topological polar surface area (TPSA) is 83.2 Å². The summed E-state index contributed by atoms with van der Waals surface area (Å²) in [6, 6.07) is 4.30. The summed E-state index contributed by atoms with van der Waals surface area (Å²) in [4.78, 5) is 28.3. The SMILES string of the molecule is CC(=O)N(C)[C@H]1CC2(CCN(C(=O)c3oc4c(F)cccc4c3C)CC2)OC[C@]1(C)O. The number of aryl methyl sites for hydroxylation is 1. The van der Waals surface area contributed by atoms with Crippen LogP contribution >= 0.6 is 0 Å². The van der Waals surface area contributed by atoms with Crippen LogP contribution in [0.2, 0.25) is 0 Å². The molecule has 0 unspecified atom stereocenters. The molecular formula is C23H29FN2O5. The van der Waals surface area contributed by atoms with E-state index in [1.165, 1.54) is 13.0 Å². The van der Waals surface area contributed by atoms with Gasteiger partial charge in [-0.1, -0.05) is 12.1 Å². The Morgan fingerprint density at radius 3 is 2.58 bits per heavy atom. The van der Waals surface area contributed by atoms with Gasteiger partial charge in [-0.05, 0) is 39.2 Å². The number of carbonyl (C=O) groups is 2. The average molecular weight is 432 g/mol. The number of piperidine rings is 1. The molecule has 8 heteroatoms. The van der Waals surface area contributed by atoms with Crippen LogP contribution in [0.15, 0.2) is 22.6 Å². The molecule has 2 fully saturated rings. The highest BCUT2D eigenvalue weighted by Gasteiger charge is 2.50. The van der Waals surface area contributed by atoms with Crippen molar-refractivity contribution in [2.45, 2.75) is 57.3 Å². The molecule has 2 amide bonds. The number of amides is 2. The first-order valence-electron chi connectivity index (χ1n) is 10.6. The van der Waals surface area contributed by atoms with E-state index in [9.17, 15) is 19.1 Å². The lowest BCUT2D eigenvalue weighted by molar-refractivity contribution is -0.207. The van der Waals surface area contributed by atoms with E-state index in [4.69, 9.17) is 9.15 Å². The van der Waals surface area contributed by atoms with Crippen LogP contribution in [0.25, 0.3) is 11.0 Å². The Morgan fingerprint density at radius 2 is 1.97 bits per heavy atom. The standard InChI is InChI=1S/C23H29FN2O5/c1-14-16-6-5-7-17(24)20(16)31-19(14)21(28)26-10-8-23(9-11-26)12-18(25(4)15(2)27)22(3,29)13-30-23/h5-7,18,29H,8-13H2,1-4H3/t18-,22-/m0/s1. The molecule has 4 rings (SSSR count). The Hall–Kier alpha value is -2.45. The van der Waals surface area contributed by atoms with Crippen molar-refractivity contribution < 1.29 is 28.2 Å². The Kier molecular flexibility index (Phi) is 5.34. The number of furan rings is 1. The zero-order valence-corrected chi connectivity index (χ0v) is 18.4. The van der Waals surface area contributed by atoms with E-state index in [0.717, 1.165) is 0 Å². The van der Waals surface area contributed by atoms with E-state index < -0.39 is 17.0 Å². The molecule has 1 spiro atoms. The van der Waals surface area contributed by atoms with Gasteiger partial charge >= 0.3 is 0 Å². The summed E-state index contributed by atoms with van der Waals surface area (Å²) in [6.45, 7) is 5.97. The third-order valence-electron chi connectivity index (χ3n) is 6.99. The van der Waals surface area contributed by atoms with Gasteiger partial charge in [0.2, 0.25) is 5.91 Å². The quantitative estimate of drug-likeness (QED) is 0.789. The third kappa shape index (κ3) is 3.72. The van der Waals surface area contributed by atoms with Crippen LogP contribution in [0, 0.1) is 12.7 Å². The highest BCUT2D eigenvalue weighted by molar-refractivity contribution is 5.99. The van der Waals surface area contributed by atoms with E-state index in [1.54, 1.807) is 42.8 Å². The molecule has 1 aromatic heterocycles. The zero-order valence-electron chi connectivity index (χ0n) is 18.4. The number of carbonyl (C=O) groups excluding carboxylic acids is 2. The molecule has 2 aromatic rings. The second kappa shape index (κ2) is 7.60. The fraction of sp³-hybridized carbons (Fsp3) is 0.565. The number of rotatable bonds is 2. The van der Waals surface area contributed by atoms with Gasteiger partial charge in [-0.15, -0.1) is 0 Å². The van der Waals surface area contributed by atoms with Gasteiger partial charge in [0, 0.05) is 38.0 Å². The van der Waals surface area contributed by atoms with Crippen LogP contribution in [0.4, 0.5) is 4.39 Å². The van der Waals surface area contributed by atoms with E-state index >= 15 is 0 Å². The minimum atomic E-state index is -1.13. The normalized spacial score (nSPS) is 25.7. The summed E-state index contributed by atoms with van der Waals surface area (Å²) < 4.78 is 25.8. The molecule has 31 heavy (non-hydrogen) atoms. The molecule has 1 N–H and O–H groups in total. The fourth-order valence-corrected chi connectivity index (χ4v) is 4.82. The van der Waals surface area contributed by atoms with Crippen molar-refractivity contribution in [1.82, 2.24) is 9.80 Å². The Labute approximate surface area is 180 Å². The van der Waals surface area contributed by atoms with Gasteiger partial charge in [0.05, 0.1) is 18.2 Å². The van der Waals surface area contributed by atoms with Crippen LogP contribution in [0.3, 0.4) is 0 Å². The number of hydrogen-bond acceptors (Lipinski definition) is 5. The summed E-state index contributed by atoms with van der Waals surface area (Å²) in [7, 11) is 1.70. The Bertz CT molecular complexity index is 1020. The lowest BCUT2D eigenvalue weighted by Crippen LogP contribution is -2.64. The molecule has 3 heterocycles. The van der Waals surface area contributed by atoms with Crippen molar-refractivity contribution in [2.75, 3.05) is 26.7 Å². The number of likely N-dealkylation sites (N-methyl/N-ethyl adjacent to an activating group) is 1. The third-order valence-corrected chi connectivity index (χ3v) is 6.99. The minimum Gasteiger partial charge on any atom is -0.448 e. The molecule has 2 saturated heterocycles. The molecule has 7 nitrogen and oxygen atoms in total. The van der Waals surface area contributed by atoms with E-state index in [-0.39, 0.29) is 35.8 Å². The fourth-order valence-electron chi connectivity index (χ4n) is 4.82. The highest BCUT2D eigenvalue weighted by Crippen LogP contribution is 2.40. The van der Waals surface area contributed by atoms with Crippen molar-refractivity contribution >= 4 is 22.8 Å². The van der Waals surface area contributed by atoms with Crippen LogP contribution in [0.1, 0.15) is 49.2 Å². The number of hydrogen-bond donors (Lipinski definition) is 1. The number of aliphatic hydroxyl groups is 1. The number of para-hydroxylation sites is 1. The summed E-state index contributed by atoms with van der Waals surface area (Å²) >= 11 is 0. The van der Waals surface area contributed by atoms with E-state index in [0.29, 0.717) is 43.3 Å². The number of ether oxygens (including phenoxy) is 1. The van der Waals surface area contributed by atoms with E-state index in [1.807, 2.05) is 0 Å². The Morgan fingerprint density at radius 1 is 1.29 bits per heavy atom. The average Bonchev–Trinajstić information content (AvgIpc) is 3.07. The zero-order chi connectivity index (χ0) is 22.6. The maximum Gasteiger partial charge on any atom is 0.289 e. The second-order valence-corrected chi connectivity index (χ2v) is 9.14. The Balaban J connectivity index is 1.50. The van der Waals surface area contributed by atoms with Gasteiger partial charge in [-0.3, -0.25) is 9.59 Å². The van der Waals surface area contributed by atoms with Crippen molar-refractivity contribution in [1.29, 1.82) is 0 Å². The van der Waals surface area contributed by atoms with Crippen molar-refractivity contribution in [3.05, 3.63) is 35.3 Å². The lowest BCUT2D eigenvalue weighted by atomic mass is 9.77. The monoisotopic (exact) mass is 432 g/mol. The molecule has 0 radical (unpaired) electrons. The number of benzene rings is 1. The first-order valence-corrected chi connectivity index (χ1v) is 10.6. The van der Waals surface area contributed by atoms with Crippen LogP contribution in [-0.2, 0) is 9.53 Å². The van der Waals surface area contributed by atoms with Gasteiger partial charge in [-0.2, -0.15) is 0 Å². The first-order chi connectivity index (χ1) is 14.5. The summed E-state index contributed by atoms with van der Waals surface area (Å²) in [5.41, 5.74) is -0.894. The predicted molar refractivity (Wildman–Crippen MR) is 112 cm³/mol. The van der Waals surface area contributed by atoms with Gasteiger partial charge in [0.15, 0.2) is 17.2 Å². The molecule has 0 bridgehead atoms. The smallest absolute Gasteiger partial charge is 0.289 e. The predicted octanol–water partition coefficient (Wildman–Crippen LogP) is 2.87. The minimum absolute atomic E-state index is 0.102. The van der Waals surface area contributed by atoms with Gasteiger partial charge in [0.1, 0.15) is 5.60 Å². The number of fused-ring (bicyclic) bond motifs is 1. The van der Waals surface area contributed by atoms with Gasteiger partial charge < -0.3 is 24.1 Å². The molecule has 0 aliphatic carbocycles. The van der Waals surface area contributed by atoms with Crippen LogP contribution in [-0.4, -0.2) is 70.7 Å². The van der Waals surface area contributed by atoms with Crippen molar-refractivity contribution in [2.24, 2.45) is 0 Å². The van der Waals surface area contributed by atoms with E-state index in [2.05, 4.69) is 0 Å². The molecule has 0 saturated carbocycles. The number of likely N-dealkylation sites (tertiary alicyclic amines) is 1. The number of halogens is 1. The maximum absolute atomic E-state index is 14.1. The molecular weight excluding hydrogens is 403 g/mol. The van der Waals surface area contributed by atoms with Crippen molar-refractivity contribution in [3.8, 4) is 0 Å². The molecule has 2 atom stereocenters. The maximum atomic E-state index is 14.1. The highest BCUT2D eigenvalue weighted by atomic mass is 19.1. The van der Waals surface area contributed by atoms with Gasteiger partial charge in [0.25, 0.3) is 5.91 Å². The van der Waals surface area contributed by atoms with Gasteiger partial charge in [-0.25, -0.2) is 4.39 Å². The first kappa shape index (κ1) is 21.8. The largest absolute Gasteiger partial charge is 0.448 e. The number of nitrogens with zero attached hydrogens (tertiary/aromatic N) is 2. The molecule has 168 valence electrons. The molecule has 2 aliphatic rings. The second-order valence-electron chi connectivity index (χ2n) is 9.14. The molecule has 2 aliphatic heterocycles. The van der Waals surface area contributed by atoms with Crippen LogP contribution < -0.4 is 0 Å². The summed E-state index contributed by atoms with van der Waals surface area (Å²) in [6.07, 6.45) is 1.68. The van der Waals surface area contributed by atoms with Crippen LogP contribution in [0.5, 0.6) is 0 Å². The van der Waals surface area contributed by atoms with Crippen molar-refractivity contribution in [3.63, 3.8) is 0 Å².